The number of hydrogen-bond acceptors (Lipinski definition) is 8. The molecule has 1 heterocycles. The van der Waals surface area contributed by atoms with E-state index in [1.165, 1.54) is 0 Å². The van der Waals surface area contributed by atoms with Crippen LogP contribution in [-0.2, 0) is 14.3 Å². The molecule has 1 aromatic heterocycles. The van der Waals surface area contributed by atoms with Crippen LogP contribution in [-0.4, -0.2) is 55.4 Å². The summed E-state index contributed by atoms with van der Waals surface area (Å²) in [7, 11) is 0. The minimum Gasteiger partial charge on any atom is -0.460 e. The van der Waals surface area contributed by atoms with Gasteiger partial charge in [-0.3, -0.25) is 4.79 Å². The summed E-state index contributed by atoms with van der Waals surface area (Å²) in [5, 5.41) is 16.7. The largest absolute Gasteiger partial charge is 0.460 e. The normalized spacial score (nSPS) is 13.1. The number of carbonyl (C=O) groups excluding carboxylic acids is 2. The van der Waals surface area contributed by atoms with Crippen LogP contribution in [0.25, 0.3) is 0 Å². The second-order valence-corrected chi connectivity index (χ2v) is 9.64. The molecular formula is C18H33N5O4S. The van der Waals surface area contributed by atoms with Crippen molar-refractivity contribution in [1.29, 1.82) is 0 Å². The van der Waals surface area contributed by atoms with Crippen LogP contribution in [0.3, 0.4) is 0 Å². The summed E-state index contributed by atoms with van der Waals surface area (Å²) in [4.78, 5) is 23.7. The average molecular weight is 416 g/mol. The summed E-state index contributed by atoms with van der Waals surface area (Å²) in [5.41, 5.74) is -1.01. The Morgan fingerprint density at radius 1 is 1.07 bits per heavy atom. The summed E-state index contributed by atoms with van der Waals surface area (Å²) in [5.74, 6) is 2.00. The van der Waals surface area contributed by atoms with E-state index < -0.39 is 17.3 Å². The maximum atomic E-state index is 12.0. The van der Waals surface area contributed by atoms with E-state index in [1.54, 1.807) is 11.8 Å². The molecule has 0 saturated carbocycles. The Morgan fingerprint density at radius 2 is 1.75 bits per heavy atom. The standard InChI is InChI=1S/C18H33N5O4S/c1-17(2,3)26-14(24)9-7-8-11-28-12-10-13(15-20-22-23-21-15)19-16(25)27-18(4,5)6/h13H,7-12H2,1-6H3,(H,19,25)(H,20,21,22,23). The predicted octanol–water partition coefficient (Wildman–Crippen LogP) is 3.40. The molecule has 0 bridgehead atoms. The van der Waals surface area contributed by atoms with Crippen LogP contribution >= 0.6 is 11.8 Å². The molecule has 0 saturated heterocycles. The first-order valence-corrected chi connectivity index (χ1v) is 10.6. The number of rotatable bonds is 10. The Bertz CT molecular complexity index is 596. The Hall–Kier alpha value is -1.84. The number of ether oxygens (including phenoxy) is 2. The van der Waals surface area contributed by atoms with E-state index in [-0.39, 0.29) is 12.0 Å². The smallest absolute Gasteiger partial charge is 0.408 e. The highest BCUT2D eigenvalue weighted by atomic mass is 32.2. The topological polar surface area (TPSA) is 119 Å². The monoisotopic (exact) mass is 415 g/mol. The number of aromatic amines is 1. The average Bonchev–Trinajstić information content (AvgIpc) is 3.03. The summed E-state index contributed by atoms with van der Waals surface area (Å²) in [6, 6.07) is -0.372. The van der Waals surface area contributed by atoms with Crippen LogP contribution in [0.15, 0.2) is 0 Å². The Kier molecular flexibility index (Phi) is 9.71. The highest BCUT2D eigenvalue weighted by Gasteiger charge is 2.23. The van der Waals surface area contributed by atoms with E-state index >= 15 is 0 Å². The number of unbranched alkanes of at least 4 members (excludes halogenated alkanes) is 1. The third-order valence-electron chi connectivity index (χ3n) is 3.25. The van der Waals surface area contributed by atoms with Crippen LogP contribution in [0.1, 0.15) is 79.1 Å². The third-order valence-corrected chi connectivity index (χ3v) is 4.36. The number of aromatic nitrogens is 4. The number of H-pyrrole nitrogens is 1. The number of carbonyl (C=O) groups is 2. The first-order valence-electron chi connectivity index (χ1n) is 9.49. The molecule has 1 amide bonds. The Morgan fingerprint density at radius 3 is 2.32 bits per heavy atom. The molecule has 1 unspecified atom stereocenters. The zero-order valence-electron chi connectivity index (χ0n) is 17.7. The first-order chi connectivity index (χ1) is 13.0. The van der Waals surface area contributed by atoms with Crippen molar-refractivity contribution in [3.05, 3.63) is 5.82 Å². The Labute approximate surface area is 171 Å². The molecule has 10 heteroatoms. The third kappa shape index (κ3) is 11.8. The summed E-state index contributed by atoms with van der Waals surface area (Å²) in [6.45, 7) is 11.0. The van der Waals surface area contributed by atoms with Crippen molar-refractivity contribution in [2.45, 2.75) is 84.5 Å². The zero-order valence-corrected chi connectivity index (χ0v) is 18.5. The maximum Gasteiger partial charge on any atom is 0.408 e. The fourth-order valence-corrected chi connectivity index (χ4v) is 3.22. The van der Waals surface area contributed by atoms with E-state index in [4.69, 9.17) is 9.47 Å². The molecule has 0 radical (unpaired) electrons. The summed E-state index contributed by atoms with van der Waals surface area (Å²) < 4.78 is 10.6. The molecule has 0 aliphatic heterocycles. The number of thioether (sulfide) groups is 1. The van der Waals surface area contributed by atoms with Crippen molar-refractivity contribution >= 4 is 23.8 Å². The molecular weight excluding hydrogens is 382 g/mol. The number of nitrogens with zero attached hydrogens (tertiary/aromatic N) is 3. The first kappa shape index (κ1) is 24.2. The maximum absolute atomic E-state index is 12.0. The number of alkyl carbamates (subject to hydrolysis) is 1. The van der Waals surface area contributed by atoms with Gasteiger partial charge >= 0.3 is 12.1 Å². The molecule has 28 heavy (non-hydrogen) atoms. The predicted molar refractivity (Wildman–Crippen MR) is 108 cm³/mol. The van der Waals surface area contributed by atoms with Crippen LogP contribution in [0.5, 0.6) is 0 Å². The summed E-state index contributed by atoms with van der Waals surface area (Å²) in [6.07, 6.45) is 2.30. The van der Waals surface area contributed by atoms with Crippen molar-refractivity contribution in [3.8, 4) is 0 Å². The molecule has 160 valence electrons. The van der Waals surface area contributed by atoms with Crippen molar-refractivity contribution < 1.29 is 19.1 Å². The zero-order chi connectivity index (χ0) is 21.2. The van der Waals surface area contributed by atoms with Gasteiger partial charge in [0.05, 0.1) is 6.04 Å². The van der Waals surface area contributed by atoms with Gasteiger partial charge < -0.3 is 14.8 Å². The molecule has 2 N–H and O–H groups in total. The van der Waals surface area contributed by atoms with Gasteiger partial charge in [0, 0.05) is 6.42 Å². The lowest BCUT2D eigenvalue weighted by molar-refractivity contribution is -0.154. The van der Waals surface area contributed by atoms with E-state index in [9.17, 15) is 9.59 Å². The van der Waals surface area contributed by atoms with Gasteiger partial charge in [-0.25, -0.2) is 4.79 Å². The van der Waals surface area contributed by atoms with Crippen molar-refractivity contribution in [3.63, 3.8) is 0 Å². The number of amides is 1. The fraction of sp³-hybridized carbons (Fsp3) is 0.833. The molecule has 9 nitrogen and oxygen atoms in total. The molecule has 0 spiro atoms. The number of tetrazole rings is 1. The van der Waals surface area contributed by atoms with Gasteiger partial charge in [0.25, 0.3) is 0 Å². The van der Waals surface area contributed by atoms with Gasteiger partial charge in [0.1, 0.15) is 11.2 Å². The summed E-state index contributed by atoms with van der Waals surface area (Å²) >= 11 is 1.75. The molecule has 0 aliphatic carbocycles. The van der Waals surface area contributed by atoms with Crippen LogP contribution < -0.4 is 5.32 Å². The molecule has 0 fully saturated rings. The van der Waals surface area contributed by atoms with Gasteiger partial charge in [-0.2, -0.15) is 17.0 Å². The molecule has 0 aliphatic rings. The van der Waals surface area contributed by atoms with Gasteiger partial charge in [0.2, 0.25) is 0 Å². The van der Waals surface area contributed by atoms with E-state index in [0.29, 0.717) is 18.7 Å². The van der Waals surface area contributed by atoms with Crippen LogP contribution in [0, 0.1) is 0 Å². The minimum atomic E-state index is -0.575. The molecule has 1 aromatic rings. The lowest BCUT2D eigenvalue weighted by atomic mass is 10.2. The van der Waals surface area contributed by atoms with E-state index in [0.717, 1.165) is 24.3 Å². The van der Waals surface area contributed by atoms with Crippen LogP contribution in [0.2, 0.25) is 0 Å². The highest BCUT2D eigenvalue weighted by Crippen LogP contribution is 2.18. The van der Waals surface area contributed by atoms with Crippen LogP contribution in [0.4, 0.5) is 4.79 Å². The highest BCUT2D eigenvalue weighted by molar-refractivity contribution is 7.99. The second-order valence-electron chi connectivity index (χ2n) is 8.41. The number of esters is 1. The molecule has 1 rings (SSSR count). The minimum absolute atomic E-state index is 0.156. The lowest BCUT2D eigenvalue weighted by Crippen LogP contribution is -2.35. The van der Waals surface area contributed by atoms with E-state index in [2.05, 4.69) is 25.9 Å². The molecule has 0 aromatic carbocycles. The van der Waals surface area contributed by atoms with Crippen molar-refractivity contribution in [1.82, 2.24) is 25.9 Å². The van der Waals surface area contributed by atoms with E-state index in [1.807, 2.05) is 41.5 Å². The van der Waals surface area contributed by atoms with Gasteiger partial charge in [-0.05, 0) is 72.3 Å². The lowest BCUT2D eigenvalue weighted by Gasteiger charge is -2.22. The van der Waals surface area contributed by atoms with Gasteiger partial charge in [0.15, 0.2) is 5.82 Å². The SMILES string of the molecule is CC(C)(C)OC(=O)CCCCSCCC(NC(=O)OC(C)(C)C)c1nn[nH]n1. The van der Waals surface area contributed by atoms with Crippen molar-refractivity contribution in [2.75, 3.05) is 11.5 Å². The van der Waals surface area contributed by atoms with Crippen molar-refractivity contribution in [2.24, 2.45) is 0 Å². The molecule has 1 atom stereocenters. The Balaban J connectivity index is 2.29. The number of hydrogen-bond donors (Lipinski definition) is 2. The fourth-order valence-electron chi connectivity index (χ4n) is 2.20. The second kappa shape index (κ2) is 11.2. The number of nitrogens with one attached hydrogen (secondary N) is 2. The van der Waals surface area contributed by atoms with Gasteiger partial charge in [-0.1, -0.05) is 5.21 Å². The quantitative estimate of drug-likeness (QED) is 0.441. The van der Waals surface area contributed by atoms with Gasteiger partial charge in [-0.15, -0.1) is 10.2 Å².